The van der Waals surface area contributed by atoms with Crippen LogP contribution < -0.4 is 5.73 Å². The third-order valence-electron chi connectivity index (χ3n) is 3.67. The zero-order chi connectivity index (χ0) is 15.6. The van der Waals surface area contributed by atoms with E-state index in [0.29, 0.717) is 30.8 Å². The van der Waals surface area contributed by atoms with Crippen LogP contribution in [0, 0.1) is 5.92 Å². The standard InChI is InChI=1S/C14H19BrN2O3S/c1-21(19,20)17-4-2-3-10(9-17)5-14(18)11-6-12(15)8-13(16)7-11/h6-8,10H,2-5,9,16H2,1H3. The van der Waals surface area contributed by atoms with Gasteiger partial charge in [0.05, 0.1) is 6.26 Å². The fraction of sp³-hybridized carbons (Fsp3) is 0.500. The minimum Gasteiger partial charge on any atom is -0.399 e. The van der Waals surface area contributed by atoms with Crippen molar-refractivity contribution in [3.8, 4) is 0 Å². The number of benzene rings is 1. The van der Waals surface area contributed by atoms with E-state index in [9.17, 15) is 13.2 Å². The molecule has 1 fully saturated rings. The molecule has 2 rings (SSSR count). The van der Waals surface area contributed by atoms with Gasteiger partial charge >= 0.3 is 0 Å². The highest BCUT2D eigenvalue weighted by Gasteiger charge is 2.27. The molecule has 0 bridgehead atoms. The molecule has 0 amide bonds. The molecule has 0 saturated carbocycles. The maximum atomic E-state index is 12.3. The number of nitrogens with two attached hydrogens (primary N) is 1. The van der Waals surface area contributed by atoms with Gasteiger partial charge in [-0.2, -0.15) is 0 Å². The lowest BCUT2D eigenvalue weighted by atomic mass is 9.92. The molecule has 0 spiro atoms. The van der Waals surface area contributed by atoms with Crippen LogP contribution in [0.25, 0.3) is 0 Å². The molecule has 5 nitrogen and oxygen atoms in total. The Balaban J connectivity index is 2.05. The van der Waals surface area contributed by atoms with Crippen molar-refractivity contribution in [3.05, 3.63) is 28.2 Å². The van der Waals surface area contributed by atoms with Crippen molar-refractivity contribution >= 4 is 37.4 Å². The van der Waals surface area contributed by atoms with Gasteiger partial charge < -0.3 is 5.73 Å². The highest BCUT2D eigenvalue weighted by atomic mass is 79.9. The Morgan fingerprint density at radius 1 is 1.43 bits per heavy atom. The smallest absolute Gasteiger partial charge is 0.211 e. The summed E-state index contributed by atoms with van der Waals surface area (Å²) in [6.07, 6.45) is 3.24. The number of hydrogen-bond acceptors (Lipinski definition) is 4. The number of carbonyl (C=O) groups excluding carboxylic acids is 1. The van der Waals surface area contributed by atoms with Crippen molar-refractivity contribution in [1.82, 2.24) is 4.31 Å². The quantitative estimate of drug-likeness (QED) is 0.647. The van der Waals surface area contributed by atoms with Crippen molar-refractivity contribution in [3.63, 3.8) is 0 Å². The van der Waals surface area contributed by atoms with Crippen LogP contribution in [-0.2, 0) is 10.0 Å². The van der Waals surface area contributed by atoms with Crippen LogP contribution in [0.4, 0.5) is 5.69 Å². The first-order valence-corrected chi connectivity index (χ1v) is 9.44. The highest BCUT2D eigenvalue weighted by molar-refractivity contribution is 9.10. The first kappa shape index (κ1) is 16.5. The maximum Gasteiger partial charge on any atom is 0.211 e. The minimum absolute atomic E-state index is 0.00310. The highest BCUT2D eigenvalue weighted by Crippen LogP contribution is 2.25. The van der Waals surface area contributed by atoms with Crippen LogP contribution in [0.15, 0.2) is 22.7 Å². The zero-order valence-corrected chi connectivity index (χ0v) is 14.3. The summed E-state index contributed by atoms with van der Waals surface area (Å²) in [5, 5.41) is 0. The Morgan fingerprint density at radius 2 is 2.14 bits per heavy atom. The van der Waals surface area contributed by atoms with Crippen molar-refractivity contribution in [2.45, 2.75) is 19.3 Å². The summed E-state index contributed by atoms with van der Waals surface area (Å²) in [6, 6.07) is 5.14. The Labute approximate surface area is 133 Å². The van der Waals surface area contributed by atoms with Crippen molar-refractivity contribution in [2.75, 3.05) is 25.1 Å². The lowest BCUT2D eigenvalue weighted by Gasteiger charge is -2.30. The molecule has 1 heterocycles. The second kappa shape index (κ2) is 6.46. The Kier molecular flexibility index (Phi) is 5.06. The summed E-state index contributed by atoms with van der Waals surface area (Å²) >= 11 is 3.32. The molecule has 21 heavy (non-hydrogen) atoms. The largest absolute Gasteiger partial charge is 0.399 e. The average molecular weight is 375 g/mol. The van der Waals surface area contributed by atoms with Gasteiger partial charge in [-0.15, -0.1) is 0 Å². The fourth-order valence-electron chi connectivity index (χ4n) is 2.65. The number of rotatable bonds is 4. The minimum atomic E-state index is -3.18. The molecule has 0 radical (unpaired) electrons. The normalized spacial score (nSPS) is 20.4. The molecule has 0 aliphatic carbocycles. The monoisotopic (exact) mass is 374 g/mol. The Hall–Kier alpha value is -0.920. The van der Waals surface area contributed by atoms with Gasteiger partial charge in [0.25, 0.3) is 0 Å². The van der Waals surface area contributed by atoms with Crippen LogP contribution in [0.2, 0.25) is 0 Å². The summed E-state index contributed by atoms with van der Waals surface area (Å²) in [4.78, 5) is 12.3. The molecule has 0 aromatic heterocycles. The van der Waals surface area contributed by atoms with Crippen LogP contribution in [0.3, 0.4) is 0 Å². The van der Waals surface area contributed by atoms with E-state index in [4.69, 9.17) is 5.73 Å². The van der Waals surface area contributed by atoms with E-state index < -0.39 is 10.0 Å². The van der Waals surface area contributed by atoms with Gasteiger partial charge in [0.1, 0.15) is 0 Å². The molecule has 116 valence electrons. The molecular formula is C14H19BrN2O3S. The number of halogens is 1. The van der Waals surface area contributed by atoms with Gasteiger partial charge in [-0.25, -0.2) is 12.7 Å². The van der Waals surface area contributed by atoms with E-state index in [2.05, 4.69) is 15.9 Å². The molecule has 1 unspecified atom stereocenters. The van der Waals surface area contributed by atoms with Gasteiger partial charge in [-0.3, -0.25) is 4.79 Å². The first-order chi connectivity index (χ1) is 9.75. The molecule has 7 heteroatoms. The molecule has 1 atom stereocenters. The van der Waals surface area contributed by atoms with Crippen LogP contribution in [0.1, 0.15) is 29.6 Å². The molecule has 1 aliphatic heterocycles. The number of piperidine rings is 1. The van der Waals surface area contributed by atoms with Gasteiger partial charge in [0.2, 0.25) is 10.0 Å². The van der Waals surface area contributed by atoms with Crippen LogP contribution >= 0.6 is 15.9 Å². The zero-order valence-electron chi connectivity index (χ0n) is 11.9. The molecule has 1 saturated heterocycles. The molecule has 2 N–H and O–H groups in total. The molecule has 1 aromatic rings. The summed E-state index contributed by atoms with van der Waals surface area (Å²) in [7, 11) is -3.18. The third-order valence-corrected chi connectivity index (χ3v) is 5.39. The Bertz CT molecular complexity index is 625. The SMILES string of the molecule is CS(=O)(=O)N1CCCC(CC(=O)c2cc(N)cc(Br)c2)C1. The van der Waals surface area contributed by atoms with E-state index in [0.717, 1.165) is 17.3 Å². The summed E-state index contributed by atoms with van der Waals surface area (Å²) in [6.45, 7) is 0.974. The van der Waals surface area contributed by atoms with E-state index in [-0.39, 0.29) is 11.7 Å². The molecule has 1 aliphatic rings. The predicted molar refractivity (Wildman–Crippen MR) is 86.6 cm³/mol. The third kappa shape index (κ3) is 4.52. The number of carbonyl (C=O) groups is 1. The fourth-order valence-corrected chi connectivity index (χ4v) is 4.10. The Morgan fingerprint density at radius 3 is 2.76 bits per heavy atom. The molecule has 1 aromatic carbocycles. The number of Topliss-reactive ketones (excluding diaryl/α,β-unsaturated/α-hetero) is 1. The van der Waals surface area contributed by atoms with Gasteiger partial charge in [-0.1, -0.05) is 15.9 Å². The second-order valence-electron chi connectivity index (χ2n) is 5.53. The van der Waals surface area contributed by atoms with Crippen LogP contribution in [0.5, 0.6) is 0 Å². The van der Waals surface area contributed by atoms with E-state index in [1.807, 2.05) is 0 Å². The second-order valence-corrected chi connectivity index (χ2v) is 8.43. The number of anilines is 1. The topological polar surface area (TPSA) is 80.5 Å². The number of sulfonamides is 1. The number of ketones is 1. The summed E-state index contributed by atoms with van der Waals surface area (Å²) in [5.41, 5.74) is 6.84. The van der Waals surface area contributed by atoms with E-state index >= 15 is 0 Å². The lowest BCUT2D eigenvalue weighted by molar-refractivity contribution is 0.0942. The van der Waals surface area contributed by atoms with Crippen LogP contribution in [-0.4, -0.2) is 37.9 Å². The average Bonchev–Trinajstić information content (AvgIpc) is 2.37. The lowest BCUT2D eigenvalue weighted by Crippen LogP contribution is -2.39. The van der Waals surface area contributed by atoms with Crippen molar-refractivity contribution in [1.29, 1.82) is 0 Å². The maximum absolute atomic E-state index is 12.3. The number of hydrogen-bond donors (Lipinski definition) is 1. The molecular weight excluding hydrogens is 356 g/mol. The van der Waals surface area contributed by atoms with E-state index in [1.165, 1.54) is 10.6 Å². The summed E-state index contributed by atoms with van der Waals surface area (Å²) in [5.74, 6) is 0.0736. The van der Waals surface area contributed by atoms with Crippen molar-refractivity contribution in [2.24, 2.45) is 5.92 Å². The van der Waals surface area contributed by atoms with Gasteiger partial charge in [0, 0.05) is 35.2 Å². The summed E-state index contributed by atoms with van der Waals surface area (Å²) < 4.78 is 25.4. The first-order valence-electron chi connectivity index (χ1n) is 6.80. The predicted octanol–water partition coefficient (Wildman–Crippen LogP) is 2.28. The van der Waals surface area contributed by atoms with Gasteiger partial charge in [-0.05, 0) is 37.0 Å². The van der Waals surface area contributed by atoms with Crippen molar-refractivity contribution < 1.29 is 13.2 Å². The van der Waals surface area contributed by atoms with E-state index in [1.54, 1.807) is 18.2 Å². The van der Waals surface area contributed by atoms with Gasteiger partial charge in [0.15, 0.2) is 5.78 Å². The number of nitrogens with zero attached hydrogens (tertiary/aromatic N) is 1. The number of nitrogen functional groups attached to an aromatic ring is 1.